The predicted octanol–water partition coefficient (Wildman–Crippen LogP) is 3.24. The van der Waals surface area contributed by atoms with Crippen LogP contribution in [0, 0.1) is 10.1 Å². The Morgan fingerprint density at radius 1 is 1.24 bits per heavy atom. The van der Waals surface area contributed by atoms with Crippen LogP contribution in [0.1, 0.15) is 25.6 Å². The number of furan rings is 1. The fourth-order valence-corrected chi connectivity index (χ4v) is 3.06. The number of nitro groups is 1. The van der Waals surface area contributed by atoms with Gasteiger partial charge in [0, 0.05) is 29.0 Å². The second kappa shape index (κ2) is 6.48. The molecule has 0 amide bonds. The van der Waals surface area contributed by atoms with Gasteiger partial charge in [-0.3, -0.25) is 14.9 Å². The van der Waals surface area contributed by atoms with Gasteiger partial charge in [-0.25, -0.2) is 0 Å². The van der Waals surface area contributed by atoms with Crippen molar-refractivity contribution in [2.75, 3.05) is 0 Å². The van der Waals surface area contributed by atoms with Crippen LogP contribution in [0.5, 0.6) is 0 Å². The fraction of sp³-hybridized carbons (Fsp3) is 0.176. The van der Waals surface area contributed by atoms with Crippen molar-refractivity contribution in [3.63, 3.8) is 0 Å². The number of carbonyl (C=O) groups excluding carboxylic acids is 1. The first-order valence-electron chi connectivity index (χ1n) is 7.50. The molecule has 0 saturated carbocycles. The lowest BCUT2D eigenvalue weighted by atomic mass is 9.98. The Balaban J connectivity index is 1.95. The van der Waals surface area contributed by atoms with Crippen molar-refractivity contribution in [2.24, 2.45) is 0 Å². The fourth-order valence-electron chi connectivity index (χ4n) is 2.78. The van der Waals surface area contributed by atoms with Crippen molar-refractivity contribution in [3.05, 3.63) is 63.5 Å². The second-order valence-electron chi connectivity index (χ2n) is 5.63. The van der Waals surface area contributed by atoms with E-state index in [1.807, 2.05) is 0 Å². The highest BCUT2D eigenvalue weighted by Gasteiger charge is 2.30. The maximum atomic E-state index is 12.0. The molecule has 0 aliphatic carbocycles. The molecule has 2 heterocycles. The van der Waals surface area contributed by atoms with Crippen LogP contribution in [0.15, 0.2) is 52.1 Å². The third-order valence-electron chi connectivity index (χ3n) is 3.92. The number of ketones is 1. The number of rotatable bonds is 4. The van der Waals surface area contributed by atoms with Gasteiger partial charge in [0.25, 0.3) is 5.69 Å². The van der Waals surface area contributed by atoms with Crippen molar-refractivity contribution in [2.45, 2.75) is 19.9 Å². The zero-order valence-corrected chi connectivity index (χ0v) is 14.3. The highest BCUT2D eigenvalue weighted by Crippen LogP contribution is 2.32. The Bertz CT molecular complexity index is 899. The standard InChI is InChI=1S/C17H15N3O4S/c1-9-15(10(2)21)16(19-17(25)18-9)14-8-7-13(24-14)11-3-5-12(6-4-11)20(22)23/h3-8,16H,1-2H3,(H2,18,19,25)/t16-/m1/s1. The van der Waals surface area contributed by atoms with Crippen LogP contribution in [0.4, 0.5) is 5.69 Å². The molecule has 0 unspecified atom stereocenters. The van der Waals surface area contributed by atoms with Crippen molar-refractivity contribution >= 4 is 28.8 Å². The maximum Gasteiger partial charge on any atom is 0.269 e. The molecular formula is C17H15N3O4S. The first-order chi connectivity index (χ1) is 11.9. The predicted molar refractivity (Wildman–Crippen MR) is 95.8 cm³/mol. The van der Waals surface area contributed by atoms with Crippen LogP contribution in [0.3, 0.4) is 0 Å². The Morgan fingerprint density at radius 2 is 1.92 bits per heavy atom. The van der Waals surface area contributed by atoms with E-state index in [2.05, 4.69) is 10.6 Å². The van der Waals surface area contributed by atoms with E-state index in [1.165, 1.54) is 19.1 Å². The van der Waals surface area contributed by atoms with Crippen LogP contribution in [-0.2, 0) is 4.79 Å². The smallest absolute Gasteiger partial charge is 0.269 e. The summed E-state index contributed by atoms with van der Waals surface area (Å²) in [6, 6.07) is 9.12. The van der Waals surface area contributed by atoms with Gasteiger partial charge in [0.1, 0.15) is 17.6 Å². The van der Waals surface area contributed by atoms with Crippen molar-refractivity contribution in [1.82, 2.24) is 10.6 Å². The van der Waals surface area contributed by atoms with E-state index >= 15 is 0 Å². The summed E-state index contributed by atoms with van der Waals surface area (Å²) in [6.07, 6.45) is 0. The van der Waals surface area contributed by atoms with Crippen LogP contribution < -0.4 is 10.6 Å². The number of non-ortho nitro benzene ring substituents is 1. The first kappa shape index (κ1) is 16.8. The number of benzene rings is 1. The average molecular weight is 357 g/mol. The van der Waals surface area contributed by atoms with E-state index in [0.717, 1.165) is 0 Å². The SMILES string of the molecule is CC(=O)C1=C(C)NC(=S)N[C@@H]1c1ccc(-c2ccc([N+](=O)[O-])cc2)o1. The molecule has 8 heteroatoms. The van der Waals surface area contributed by atoms with Gasteiger partial charge in [0.05, 0.1) is 4.92 Å². The molecule has 0 saturated heterocycles. The lowest BCUT2D eigenvalue weighted by Crippen LogP contribution is -2.44. The molecule has 2 aromatic rings. The monoisotopic (exact) mass is 357 g/mol. The highest BCUT2D eigenvalue weighted by molar-refractivity contribution is 7.80. The van der Waals surface area contributed by atoms with E-state index in [4.69, 9.17) is 16.6 Å². The van der Waals surface area contributed by atoms with E-state index in [1.54, 1.807) is 31.2 Å². The molecule has 0 radical (unpaired) electrons. The molecular weight excluding hydrogens is 342 g/mol. The van der Waals surface area contributed by atoms with Gasteiger partial charge < -0.3 is 15.1 Å². The molecule has 25 heavy (non-hydrogen) atoms. The number of thiocarbonyl (C=S) groups is 1. The number of Topliss-reactive ketones (excluding diaryl/α,β-unsaturated/α-hetero) is 1. The number of hydrogen-bond donors (Lipinski definition) is 2. The minimum atomic E-state index is -0.474. The van der Waals surface area contributed by atoms with E-state index in [0.29, 0.717) is 33.5 Å². The molecule has 1 aliphatic rings. The van der Waals surface area contributed by atoms with Gasteiger partial charge >= 0.3 is 0 Å². The normalized spacial score (nSPS) is 17.0. The number of nitrogens with zero attached hydrogens (tertiary/aromatic N) is 1. The number of hydrogen-bond acceptors (Lipinski definition) is 5. The van der Waals surface area contributed by atoms with Gasteiger partial charge in [-0.1, -0.05) is 0 Å². The number of allylic oxidation sites excluding steroid dienone is 1. The molecule has 1 aliphatic heterocycles. The maximum absolute atomic E-state index is 12.0. The second-order valence-corrected chi connectivity index (χ2v) is 6.04. The molecule has 7 nitrogen and oxygen atoms in total. The third kappa shape index (κ3) is 3.29. The van der Waals surface area contributed by atoms with Crippen molar-refractivity contribution < 1.29 is 14.1 Å². The summed E-state index contributed by atoms with van der Waals surface area (Å²) in [5.74, 6) is 1.01. The molecule has 1 aromatic heterocycles. The Hall–Kier alpha value is -3.00. The largest absolute Gasteiger partial charge is 0.459 e. The molecule has 3 rings (SSSR count). The summed E-state index contributed by atoms with van der Waals surface area (Å²) in [6.45, 7) is 3.28. The summed E-state index contributed by atoms with van der Waals surface area (Å²) < 4.78 is 5.88. The van der Waals surface area contributed by atoms with Crippen LogP contribution in [0.25, 0.3) is 11.3 Å². The summed E-state index contributed by atoms with van der Waals surface area (Å²) in [5.41, 5.74) is 1.96. The lowest BCUT2D eigenvalue weighted by molar-refractivity contribution is -0.384. The third-order valence-corrected chi connectivity index (χ3v) is 4.14. The topological polar surface area (TPSA) is 97.4 Å². The first-order valence-corrected chi connectivity index (χ1v) is 7.91. The zero-order valence-electron chi connectivity index (χ0n) is 13.5. The number of nitro benzene ring substituents is 1. The summed E-state index contributed by atoms with van der Waals surface area (Å²) in [4.78, 5) is 22.3. The molecule has 0 bridgehead atoms. The van der Waals surface area contributed by atoms with Gasteiger partial charge in [-0.15, -0.1) is 0 Å². The minimum Gasteiger partial charge on any atom is -0.459 e. The summed E-state index contributed by atoms with van der Waals surface area (Å²) in [7, 11) is 0. The Labute approximate surface area is 148 Å². The van der Waals surface area contributed by atoms with Gasteiger partial charge in [0.15, 0.2) is 10.9 Å². The number of nitrogens with one attached hydrogen (secondary N) is 2. The summed E-state index contributed by atoms with van der Waals surface area (Å²) in [5, 5.41) is 17.1. The molecule has 0 fully saturated rings. The van der Waals surface area contributed by atoms with Crippen LogP contribution in [0.2, 0.25) is 0 Å². The molecule has 1 atom stereocenters. The van der Waals surface area contributed by atoms with Crippen LogP contribution in [-0.4, -0.2) is 15.8 Å². The van der Waals surface area contributed by atoms with Crippen molar-refractivity contribution in [3.8, 4) is 11.3 Å². The lowest BCUT2D eigenvalue weighted by Gasteiger charge is -2.28. The van der Waals surface area contributed by atoms with Gasteiger partial charge in [0.2, 0.25) is 0 Å². The van der Waals surface area contributed by atoms with E-state index in [9.17, 15) is 14.9 Å². The molecule has 2 N–H and O–H groups in total. The Morgan fingerprint density at radius 3 is 2.52 bits per heavy atom. The Kier molecular flexibility index (Phi) is 4.37. The van der Waals surface area contributed by atoms with Crippen LogP contribution >= 0.6 is 12.2 Å². The highest BCUT2D eigenvalue weighted by atomic mass is 32.1. The molecule has 128 valence electrons. The molecule has 1 aromatic carbocycles. The summed E-state index contributed by atoms with van der Waals surface area (Å²) >= 11 is 5.17. The zero-order chi connectivity index (χ0) is 18.1. The van der Waals surface area contributed by atoms with Gasteiger partial charge in [-0.2, -0.15) is 0 Å². The number of carbonyl (C=O) groups is 1. The average Bonchev–Trinajstić information content (AvgIpc) is 3.03. The quantitative estimate of drug-likeness (QED) is 0.492. The molecule has 0 spiro atoms. The van der Waals surface area contributed by atoms with E-state index < -0.39 is 11.0 Å². The minimum absolute atomic E-state index is 0.0123. The van der Waals surface area contributed by atoms with E-state index in [-0.39, 0.29) is 11.5 Å². The van der Waals surface area contributed by atoms with Crippen molar-refractivity contribution in [1.29, 1.82) is 0 Å². The van der Waals surface area contributed by atoms with Gasteiger partial charge in [-0.05, 0) is 50.3 Å².